The first kappa shape index (κ1) is 16.8. The summed E-state index contributed by atoms with van der Waals surface area (Å²) in [6.07, 6.45) is 3.85. The van der Waals surface area contributed by atoms with Crippen molar-refractivity contribution in [3.8, 4) is 5.75 Å². The number of nitrogens with zero attached hydrogens (tertiary/aromatic N) is 1. The molecule has 1 aliphatic heterocycles. The van der Waals surface area contributed by atoms with E-state index in [0.717, 1.165) is 19.4 Å². The number of amides is 1. The topological polar surface area (TPSA) is 66.8 Å². The molecule has 0 radical (unpaired) electrons. The number of rotatable bonds is 4. The smallest absolute Gasteiger partial charge is 0.290 e. The molecule has 1 amide bonds. The van der Waals surface area contributed by atoms with Crippen LogP contribution in [0.15, 0.2) is 36.9 Å². The van der Waals surface area contributed by atoms with Crippen LogP contribution >= 0.6 is 0 Å². The molecular weight excluding hydrogens is 270 g/mol. The van der Waals surface area contributed by atoms with E-state index in [1.54, 1.807) is 6.08 Å². The lowest BCUT2D eigenvalue weighted by Gasteiger charge is -2.22. The van der Waals surface area contributed by atoms with Crippen molar-refractivity contribution >= 4 is 12.4 Å². The van der Waals surface area contributed by atoms with Crippen LogP contribution in [0.3, 0.4) is 0 Å². The van der Waals surface area contributed by atoms with E-state index in [0.29, 0.717) is 24.0 Å². The number of carbonyl (C=O) groups is 2. The van der Waals surface area contributed by atoms with Crippen LogP contribution in [0, 0.1) is 0 Å². The van der Waals surface area contributed by atoms with Gasteiger partial charge in [-0.25, -0.2) is 0 Å². The van der Waals surface area contributed by atoms with Gasteiger partial charge in [0.25, 0.3) is 12.4 Å². The molecule has 0 bridgehead atoms. The second kappa shape index (κ2) is 8.79. The highest BCUT2D eigenvalue weighted by Gasteiger charge is 2.27. The molecule has 1 aromatic rings. The summed E-state index contributed by atoms with van der Waals surface area (Å²) in [5.74, 6) is 0.709. The largest absolute Gasteiger partial charge is 0.489 e. The van der Waals surface area contributed by atoms with Crippen molar-refractivity contribution in [2.75, 3.05) is 13.2 Å². The van der Waals surface area contributed by atoms with Crippen LogP contribution in [0.2, 0.25) is 0 Å². The van der Waals surface area contributed by atoms with E-state index in [1.165, 1.54) is 0 Å². The van der Waals surface area contributed by atoms with Crippen LogP contribution in [0.5, 0.6) is 5.75 Å². The van der Waals surface area contributed by atoms with Gasteiger partial charge in [0.2, 0.25) is 0 Å². The molecule has 1 atom stereocenters. The van der Waals surface area contributed by atoms with Crippen LogP contribution in [-0.4, -0.2) is 41.6 Å². The van der Waals surface area contributed by atoms with Crippen molar-refractivity contribution in [1.29, 1.82) is 0 Å². The third kappa shape index (κ3) is 4.63. The fourth-order valence-electron chi connectivity index (χ4n) is 2.31. The summed E-state index contributed by atoms with van der Waals surface area (Å²) in [5.41, 5.74) is 0.646. The summed E-state index contributed by atoms with van der Waals surface area (Å²) in [6.45, 7) is 6.72. The number of hydrogen-bond donors (Lipinski definition) is 1. The van der Waals surface area contributed by atoms with Gasteiger partial charge in [-0.05, 0) is 31.9 Å². The van der Waals surface area contributed by atoms with E-state index in [2.05, 4.69) is 13.5 Å². The minimum Gasteiger partial charge on any atom is -0.489 e. The Morgan fingerprint density at radius 3 is 2.76 bits per heavy atom. The first-order chi connectivity index (χ1) is 10.2. The highest BCUT2D eigenvalue weighted by molar-refractivity contribution is 5.97. The quantitative estimate of drug-likeness (QED) is 0.684. The molecule has 1 N–H and O–H groups in total. The van der Waals surface area contributed by atoms with Gasteiger partial charge in [-0.15, -0.1) is 0 Å². The molecule has 5 nitrogen and oxygen atoms in total. The van der Waals surface area contributed by atoms with E-state index in [9.17, 15) is 4.79 Å². The zero-order chi connectivity index (χ0) is 15.7. The van der Waals surface area contributed by atoms with Crippen molar-refractivity contribution in [1.82, 2.24) is 4.90 Å². The maximum Gasteiger partial charge on any atom is 0.290 e. The number of carboxylic acid groups (broad SMARTS) is 1. The molecule has 1 heterocycles. The van der Waals surface area contributed by atoms with Crippen molar-refractivity contribution in [3.63, 3.8) is 0 Å². The summed E-state index contributed by atoms with van der Waals surface area (Å²) >= 11 is 0. The van der Waals surface area contributed by atoms with E-state index < -0.39 is 0 Å². The van der Waals surface area contributed by atoms with E-state index in [-0.39, 0.29) is 12.4 Å². The summed E-state index contributed by atoms with van der Waals surface area (Å²) in [4.78, 5) is 22.7. The minimum atomic E-state index is -0.250. The van der Waals surface area contributed by atoms with Gasteiger partial charge in [0.15, 0.2) is 0 Å². The fraction of sp³-hybridized carbons (Fsp3) is 0.375. The Kier molecular flexibility index (Phi) is 7.01. The lowest BCUT2D eigenvalue weighted by Crippen LogP contribution is -2.33. The van der Waals surface area contributed by atoms with Crippen molar-refractivity contribution < 1.29 is 19.4 Å². The predicted octanol–water partition coefficient (Wildman–Crippen LogP) is 2.58. The molecule has 2 rings (SSSR count). The minimum absolute atomic E-state index is 0.0691. The van der Waals surface area contributed by atoms with E-state index in [4.69, 9.17) is 14.6 Å². The average molecular weight is 291 g/mol. The predicted molar refractivity (Wildman–Crippen MR) is 80.6 cm³/mol. The molecule has 114 valence electrons. The zero-order valence-electron chi connectivity index (χ0n) is 12.2. The first-order valence-corrected chi connectivity index (χ1v) is 6.87. The Balaban J connectivity index is 0.000000677. The Bertz CT molecular complexity index is 487. The van der Waals surface area contributed by atoms with Gasteiger partial charge >= 0.3 is 0 Å². The number of benzene rings is 1. The molecule has 0 saturated carbocycles. The standard InChI is InChI=1S/C15H19NO2.CH2O2/c1-3-11-18-14-9-5-4-8-13(14)15(17)16-10-6-7-12(16)2;2-1-3/h3-5,8-9,12H,1,6-7,10-11H2,2H3;1H,(H,2,3). The summed E-state index contributed by atoms with van der Waals surface area (Å²) < 4.78 is 5.54. The maximum absolute atomic E-state index is 12.5. The fourth-order valence-corrected chi connectivity index (χ4v) is 2.31. The Labute approximate surface area is 124 Å². The van der Waals surface area contributed by atoms with Gasteiger partial charge in [-0.1, -0.05) is 24.8 Å². The van der Waals surface area contributed by atoms with Gasteiger partial charge in [-0.3, -0.25) is 9.59 Å². The normalized spacial score (nSPS) is 16.6. The molecule has 21 heavy (non-hydrogen) atoms. The number of likely N-dealkylation sites (tertiary alicyclic amines) is 1. The van der Waals surface area contributed by atoms with Crippen LogP contribution in [0.25, 0.3) is 0 Å². The summed E-state index contributed by atoms with van der Waals surface area (Å²) in [7, 11) is 0. The van der Waals surface area contributed by atoms with Crippen molar-refractivity contribution in [2.24, 2.45) is 0 Å². The summed E-state index contributed by atoms with van der Waals surface area (Å²) in [5, 5.41) is 6.89. The van der Waals surface area contributed by atoms with E-state index >= 15 is 0 Å². The molecule has 1 fully saturated rings. The van der Waals surface area contributed by atoms with Gasteiger partial charge in [0, 0.05) is 12.6 Å². The lowest BCUT2D eigenvalue weighted by molar-refractivity contribution is -0.122. The van der Waals surface area contributed by atoms with Crippen molar-refractivity contribution in [3.05, 3.63) is 42.5 Å². The SMILES string of the molecule is C=CCOc1ccccc1C(=O)N1CCCC1C.O=CO. The van der Waals surface area contributed by atoms with Gasteiger partial charge in [0.05, 0.1) is 5.56 Å². The lowest BCUT2D eigenvalue weighted by atomic mass is 10.1. The Hall–Kier alpha value is -2.30. The molecule has 0 aromatic heterocycles. The van der Waals surface area contributed by atoms with Crippen LogP contribution in [0.1, 0.15) is 30.1 Å². The van der Waals surface area contributed by atoms with Crippen LogP contribution in [0.4, 0.5) is 0 Å². The van der Waals surface area contributed by atoms with Gasteiger partial charge in [-0.2, -0.15) is 0 Å². The molecule has 5 heteroatoms. The van der Waals surface area contributed by atoms with Crippen LogP contribution in [-0.2, 0) is 4.79 Å². The second-order valence-electron chi connectivity index (χ2n) is 4.69. The molecule has 1 unspecified atom stereocenters. The van der Waals surface area contributed by atoms with Gasteiger partial charge in [0.1, 0.15) is 12.4 Å². The molecule has 1 aliphatic rings. The first-order valence-electron chi connectivity index (χ1n) is 6.87. The number of hydrogen-bond acceptors (Lipinski definition) is 3. The highest BCUT2D eigenvalue weighted by Crippen LogP contribution is 2.24. The molecule has 1 saturated heterocycles. The summed E-state index contributed by atoms with van der Waals surface area (Å²) in [6, 6.07) is 7.73. The molecular formula is C16H21NO4. The number of ether oxygens (including phenoxy) is 1. The van der Waals surface area contributed by atoms with Crippen molar-refractivity contribution in [2.45, 2.75) is 25.8 Å². The maximum atomic E-state index is 12.5. The molecule has 0 aliphatic carbocycles. The Morgan fingerprint density at radius 2 is 2.19 bits per heavy atom. The van der Waals surface area contributed by atoms with E-state index in [1.807, 2.05) is 29.2 Å². The van der Waals surface area contributed by atoms with Gasteiger partial charge < -0.3 is 14.7 Å². The number of para-hydroxylation sites is 1. The highest BCUT2D eigenvalue weighted by atomic mass is 16.5. The zero-order valence-corrected chi connectivity index (χ0v) is 12.2. The third-order valence-electron chi connectivity index (χ3n) is 3.29. The second-order valence-corrected chi connectivity index (χ2v) is 4.69. The molecule has 1 aromatic carbocycles. The Morgan fingerprint density at radius 1 is 1.52 bits per heavy atom. The number of carbonyl (C=O) groups excluding carboxylic acids is 1. The average Bonchev–Trinajstić information content (AvgIpc) is 2.92. The van der Waals surface area contributed by atoms with Crippen LogP contribution < -0.4 is 4.74 Å². The molecule has 0 spiro atoms. The monoisotopic (exact) mass is 291 g/mol. The third-order valence-corrected chi connectivity index (χ3v) is 3.29.